The Bertz CT molecular complexity index is 1600. The van der Waals surface area contributed by atoms with E-state index in [2.05, 4.69) is 15.0 Å². The average molecular weight is 516 g/mol. The van der Waals surface area contributed by atoms with Gasteiger partial charge in [0.15, 0.2) is 0 Å². The molecule has 0 saturated heterocycles. The molecule has 0 amide bonds. The molecule has 196 valence electrons. The van der Waals surface area contributed by atoms with Crippen molar-refractivity contribution in [1.82, 2.24) is 19.1 Å². The number of rotatable bonds is 8. The number of hydrogen-bond acceptors (Lipinski definition) is 7. The Morgan fingerprint density at radius 1 is 0.974 bits per heavy atom. The van der Waals surface area contributed by atoms with Gasteiger partial charge < -0.3 is 9.47 Å². The smallest absolute Gasteiger partial charge is 0.335 e. The fourth-order valence-electron chi connectivity index (χ4n) is 3.73. The maximum Gasteiger partial charge on any atom is 0.335 e. The first-order valence-corrected chi connectivity index (χ1v) is 12.1. The molecule has 2 heterocycles. The summed E-state index contributed by atoms with van der Waals surface area (Å²) in [6.45, 7) is 5.50. The molecule has 0 spiro atoms. The number of aromatic amines is 1. The third-order valence-electron chi connectivity index (χ3n) is 5.89. The van der Waals surface area contributed by atoms with Crippen molar-refractivity contribution in [2.24, 2.45) is 10.9 Å². The van der Waals surface area contributed by atoms with E-state index in [0.717, 1.165) is 21.4 Å². The van der Waals surface area contributed by atoms with E-state index in [0.29, 0.717) is 17.2 Å². The van der Waals surface area contributed by atoms with Gasteiger partial charge in [0.2, 0.25) is 5.62 Å². The van der Waals surface area contributed by atoms with Crippen LogP contribution < -0.4 is 21.7 Å². The number of carbonyl (C=O) groups is 1. The number of H-pyrrole nitrogens is 1. The van der Waals surface area contributed by atoms with Gasteiger partial charge in [-0.25, -0.2) is 19.1 Å². The Balaban J connectivity index is 1.73. The van der Waals surface area contributed by atoms with E-state index in [1.807, 2.05) is 50.2 Å². The number of aryl methyl sites for hydroxylation is 2. The first kappa shape index (κ1) is 26.3. The van der Waals surface area contributed by atoms with E-state index in [9.17, 15) is 14.4 Å². The van der Waals surface area contributed by atoms with Crippen LogP contribution in [0.2, 0.25) is 0 Å². The van der Waals surface area contributed by atoms with Crippen LogP contribution in [0.1, 0.15) is 23.7 Å². The van der Waals surface area contributed by atoms with Gasteiger partial charge in [-0.15, -0.1) is 0 Å². The largest absolute Gasteiger partial charge is 0.469 e. The monoisotopic (exact) mass is 515 g/mol. The van der Waals surface area contributed by atoms with Crippen molar-refractivity contribution in [3.8, 4) is 11.5 Å². The van der Waals surface area contributed by atoms with Crippen LogP contribution in [0.5, 0.6) is 11.5 Å². The van der Waals surface area contributed by atoms with Crippen molar-refractivity contribution < 1.29 is 14.3 Å². The Kier molecular flexibility index (Phi) is 8.00. The predicted molar refractivity (Wildman–Crippen MR) is 141 cm³/mol. The molecule has 1 atom stereocenters. The van der Waals surface area contributed by atoms with Crippen molar-refractivity contribution in [3.05, 3.63) is 110 Å². The van der Waals surface area contributed by atoms with Gasteiger partial charge in [0.05, 0.1) is 31.5 Å². The van der Waals surface area contributed by atoms with Crippen LogP contribution in [-0.2, 0) is 22.6 Å². The second kappa shape index (κ2) is 11.5. The maximum absolute atomic E-state index is 13.5. The van der Waals surface area contributed by atoms with Crippen molar-refractivity contribution in [2.45, 2.75) is 33.9 Å². The number of esters is 1. The first-order chi connectivity index (χ1) is 18.2. The van der Waals surface area contributed by atoms with Crippen molar-refractivity contribution >= 4 is 11.7 Å². The maximum atomic E-state index is 13.5. The van der Waals surface area contributed by atoms with Gasteiger partial charge in [0.25, 0.3) is 0 Å². The number of methoxy groups -OCH3 is 1. The predicted octanol–water partition coefficient (Wildman–Crippen LogP) is 3.23. The molecule has 0 aliphatic heterocycles. The molecular formula is C28H29N5O5. The van der Waals surface area contributed by atoms with E-state index < -0.39 is 23.3 Å². The molecule has 38 heavy (non-hydrogen) atoms. The highest BCUT2D eigenvalue weighted by molar-refractivity contribution is 5.71. The van der Waals surface area contributed by atoms with Gasteiger partial charge in [0.1, 0.15) is 11.5 Å². The number of hydrogen-bond donors (Lipinski definition) is 1. The quantitative estimate of drug-likeness (QED) is 0.360. The summed E-state index contributed by atoms with van der Waals surface area (Å²) in [5.41, 5.74) is 2.15. The summed E-state index contributed by atoms with van der Waals surface area (Å²) in [5, 5.41) is 0. The lowest BCUT2D eigenvalue weighted by Crippen LogP contribution is -2.51. The number of ether oxygens (including phenoxy) is 2. The fourth-order valence-corrected chi connectivity index (χ4v) is 3.73. The number of nitrogens with one attached hydrogen (secondary N) is 1. The van der Waals surface area contributed by atoms with Gasteiger partial charge in [-0.3, -0.25) is 19.3 Å². The standard InChI is InChI=1S/C28H29N5O5/c1-18-5-8-21(9-6-18)17-32-26(31-27(35)33(28(32)36)16-19(2)25(34)37-4)30-22-10-13-23(14-11-22)38-24-12-7-20(3)29-15-24/h5-15,19H,16-17H2,1-4H3,(H,30,31,35)/t19-/m0/s1. The molecule has 0 saturated carbocycles. The Morgan fingerprint density at radius 3 is 2.29 bits per heavy atom. The molecule has 10 heteroatoms. The second-order valence-corrected chi connectivity index (χ2v) is 8.99. The minimum Gasteiger partial charge on any atom is -0.469 e. The highest BCUT2D eigenvalue weighted by Crippen LogP contribution is 2.23. The van der Waals surface area contributed by atoms with Crippen LogP contribution in [0, 0.1) is 19.8 Å². The molecule has 0 bridgehead atoms. The summed E-state index contributed by atoms with van der Waals surface area (Å²) in [4.78, 5) is 49.7. The molecule has 4 rings (SSSR count). The molecular weight excluding hydrogens is 486 g/mol. The van der Waals surface area contributed by atoms with Gasteiger partial charge >= 0.3 is 17.3 Å². The molecule has 0 unspecified atom stereocenters. The summed E-state index contributed by atoms with van der Waals surface area (Å²) >= 11 is 0. The van der Waals surface area contributed by atoms with E-state index in [4.69, 9.17) is 9.47 Å². The minimum atomic E-state index is -0.689. The van der Waals surface area contributed by atoms with Crippen LogP contribution in [0.4, 0.5) is 5.69 Å². The summed E-state index contributed by atoms with van der Waals surface area (Å²) in [7, 11) is 1.26. The molecule has 0 aliphatic carbocycles. The molecule has 4 aromatic rings. The lowest BCUT2D eigenvalue weighted by Gasteiger charge is -2.14. The van der Waals surface area contributed by atoms with Crippen LogP contribution in [0.3, 0.4) is 0 Å². The lowest BCUT2D eigenvalue weighted by molar-refractivity contribution is -0.145. The van der Waals surface area contributed by atoms with Gasteiger partial charge in [-0.05, 0) is 55.8 Å². The van der Waals surface area contributed by atoms with Crippen molar-refractivity contribution in [1.29, 1.82) is 0 Å². The summed E-state index contributed by atoms with van der Waals surface area (Å²) in [6, 6.07) is 18.3. The van der Waals surface area contributed by atoms with Gasteiger partial charge in [-0.2, -0.15) is 0 Å². The SMILES string of the molecule is COC(=O)[C@@H](C)Cn1c(=O)[nH]/c(=N\c2ccc(Oc3ccc(C)nc3)cc2)n(Cc2ccc(C)cc2)c1=O. The average Bonchev–Trinajstić information content (AvgIpc) is 2.91. The summed E-state index contributed by atoms with van der Waals surface area (Å²) < 4.78 is 12.9. The van der Waals surface area contributed by atoms with E-state index in [-0.39, 0.29) is 18.7 Å². The molecule has 2 aromatic heterocycles. The Labute approximate surface area is 218 Å². The third kappa shape index (κ3) is 6.33. The van der Waals surface area contributed by atoms with E-state index in [1.165, 1.54) is 11.7 Å². The topological polar surface area (TPSA) is 121 Å². The van der Waals surface area contributed by atoms with E-state index in [1.54, 1.807) is 37.4 Å². The van der Waals surface area contributed by atoms with Crippen LogP contribution in [-0.4, -0.2) is 32.2 Å². The number of pyridine rings is 1. The number of carbonyl (C=O) groups excluding carboxylic acids is 1. The molecule has 1 N–H and O–H groups in total. The van der Waals surface area contributed by atoms with Gasteiger partial charge in [0, 0.05) is 12.2 Å². The number of aromatic nitrogens is 4. The molecule has 0 radical (unpaired) electrons. The van der Waals surface area contributed by atoms with Crippen molar-refractivity contribution in [2.75, 3.05) is 7.11 Å². The molecule has 2 aromatic carbocycles. The third-order valence-corrected chi connectivity index (χ3v) is 5.89. The Morgan fingerprint density at radius 2 is 1.66 bits per heavy atom. The zero-order valence-corrected chi connectivity index (χ0v) is 21.7. The lowest BCUT2D eigenvalue weighted by atomic mass is 10.1. The summed E-state index contributed by atoms with van der Waals surface area (Å²) in [5.74, 6) is -0.0160. The molecule has 0 fully saturated rings. The zero-order valence-electron chi connectivity index (χ0n) is 21.7. The highest BCUT2D eigenvalue weighted by atomic mass is 16.5. The van der Waals surface area contributed by atoms with Crippen molar-refractivity contribution in [3.63, 3.8) is 0 Å². The first-order valence-electron chi connectivity index (χ1n) is 12.1. The molecule has 10 nitrogen and oxygen atoms in total. The molecule has 0 aliphatic rings. The van der Waals surface area contributed by atoms with Crippen LogP contribution >= 0.6 is 0 Å². The van der Waals surface area contributed by atoms with Gasteiger partial charge in [-0.1, -0.05) is 36.8 Å². The second-order valence-electron chi connectivity index (χ2n) is 8.99. The number of nitrogens with zero attached hydrogens (tertiary/aromatic N) is 4. The van der Waals surface area contributed by atoms with Crippen LogP contribution in [0.15, 0.2) is 81.4 Å². The fraction of sp³-hybridized carbons (Fsp3) is 0.250. The number of benzene rings is 2. The van der Waals surface area contributed by atoms with E-state index >= 15 is 0 Å². The zero-order chi connectivity index (χ0) is 27.2. The normalized spacial score (nSPS) is 12.3. The van der Waals surface area contributed by atoms with Crippen LogP contribution in [0.25, 0.3) is 0 Å². The Hall–Kier alpha value is -4.73. The summed E-state index contributed by atoms with van der Waals surface area (Å²) in [6.07, 6.45) is 1.64. The highest BCUT2D eigenvalue weighted by Gasteiger charge is 2.18. The minimum absolute atomic E-state index is 0.0824.